The molecule has 0 saturated carbocycles. The van der Waals surface area contributed by atoms with Crippen LogP contribution in [0.1, 0.15) is 23.2 Å². The van der Waals surface area contributed by atoms with Gasteiger partial charge in [-0.15, -0.1) is 0 Å². The number of benzene rings is 2. The molecule has 0 N–H and O–H groups in total. The molecular weight excluding hydrogens is 404 g/mol. The number of carbonyl (C=O) groups excluding carboxylic acids is 3. The largest absolute Gasteiger partial charge is 0.495 e. The number of anilines is 1. The van der Waals surface area contributed by atoms with Crippen molar-refractivity contribution in [1.82, 2.24) is 4.90 Å². The van der Waals surface area contributed by atoms with Crippen LogP contribution in [0.3, 0.4) is 0 Å². The Labute approximate surface area is 179 Å². The van der Waals surface area contributed by atoms with Crippen LogP contribution in [0.4, 0.5) is 5.69 Å². The minimum atomic E-state index is -0.695. The van der Waals surface area contributed by atoms with Gasteiger partial charge in [0.25, 0.3) is 0 Å². The van der Waals surface area contributed by atoms with Crippen LogP contribution >= 0.6 is 11.6 Å². The predicted molar refractivity (Wildman–Crippen MR) is 112 cm³/mol. The lowest BCUT2D eigenvalue weighted by atomic mass is 9.85. The SMILES string of the molecule is COc1ccc(Cl)cc1N1C(=O)[C@H]2[C@H](C1=O)[C@@H](C(=O)c1ccccc1)N1CCC[C@H]21. The van der Waals surface area contributed by atoms with E-state index < -0.39 is 17.9 Å². The van der Waals surface area contributed by atoms with Crippen molar-refractivity contribution in [2.45, 2.75) is 24.9 Å². The van der Waals surface area contributed by atoms with Crippen molar-refractivity contribution in [3.05, 3.63) is 59.1 Å². The first-order chi connectivity index (χ1) is 14.5. The fraction of sp³-hybridized carbons (Fsp3) is 0.348. The van der Waals surface area contributed by atoms with Gasteiger partial charge in [0.1, 0.15) is 5.75 Å². The Balaban J connectivity index is 1.58. The highest BCUT2D eigenvalue weighted by Crippen LogP contribution is 2.49. The molecule has 154 valence electrons. The van der Waals surface area contributed by atoms with Gasteiger partial charge < -0.3 is 4.74 Å². The molecule has 0 spiro atoms. The van der Waals surface area contributed by atoms with Crippen LogP contribution in [0.15, 0.2) is 48.5 Å². The fourth-order valence-corrected chi connectivity index (χ4v) is 5.53. The van der Waals surface area contributed by atoms with Crippen LogP contribution in [0.2, 0.25) is 5.02 Å². The second-order valence-corrected chi connectivity index (χ2v) is 8.44. The summed E-state index contributed by atoms with van der Waals surface area (Å²) in [6.07, 6.45) is 1.72. The van der Waals surface area contributed by atoms with Gasteiger partial charge in [-0.05, 0) is 37.6 Å². The zero-order valence-corrected chi connectivity index (χ0v) is 17.2. The van der Waals surface area contributed by atoms with Crippen LogP contribution in [-0.4, -0.2) is 48.2 Å². The van der Waals surface area contributed by atoms with Crippen molar-refractivity contribution in [3.63, 3.8) is 0 Å². The van der Waals surface area contributed by atoms with Gasteiger partial charge in [0.05, 0.1) is 30.7 Å². The van der Waals surface area contributed by atoms with Crippen molar-refractivity contribution >= 4 is 34.9 Å². The van der Waals surface area contributed by atoms with Crippen LogP contribution in [0, 0.1) is 11.8 Å². The Morgan fingerprint density at radius 2 is 1.80 bits per heavy atom. The first-order valence-corrected chi connectivity index (χ1v) is 10.5. The molecule has 0 aromatic heterocycles. The third-order valence-corrected chi connectivity index (χ3v) is 6.80. The van der Waals surface area contributed by atoms with E-state index in [0.717, 1.165) is 19.4 Å². The number of carbonyl (C=O) groups is 3. The number of imide groups is 1. The topological polar surface area (TPSA) is 66.9 Å². The number of fused-ring (bicyclic) bond motifs is 3. The molecule has 4 atom stereocenters. The second kappa shape index (κ2) is 7.22. The molecule has 30 heavy (non-hydrogen) atoms. The summed E-state index contributed by atoms with van der Waals surface area (Å²) in [5.74, 6) is -1.55. The summed E-state index contributed by atoms with van der Waals surface area (Å²) >= 11 is 6.15. The van der Waals surface area contributed by atoms with E-state index in [9.17, 15) is 14.4 Å². The minimum absolute atomic E-state index is 0.0979. The monoisotopic (exact) mass is 424 g/mol. The summed E-state index contributed by atoms with van der Waals surface area (Å²) in [6.45, 7) is 0.724. The second-order valence-electron chi connectivity index (χ2n) is 8.00. The number of rotatable bonds is 4. The molecular formula is C23H21ClN2O4. The predicted octanol–water partition coefficient (Wildman–Crippen LogP) is 3.18. The van der Waals surface area contributed by atoms with Gasteiger partial charge in [0.15, 0.2) is 5.78 Å². The molecule has 5 rings (SSSR count). The summed E-state index contributed by atoms with van der Waals surface area (Å²) in [5, 5.41) is 0.405. The zero-order valence-electron chi connectivity index (χ0n) is 16.5. The van der Waals surface area contributed by atoms with E-state index in [0.29, 0.717) is 22.0 Å². The molecule has 0 aliphatic carbocycles. The summed E-state index contributed by atoms with van der Waals surface area (Å²) < 4.78 is 5.38. The lowest BCUT2D eigenvalue weighted by Crippen LogP contribution is -2.46. The van der Waals surface area contributed by atoms with E-state index >= 15 is 0 Å². The summed E-state index contributed by atoms with van der Waals surface area (Å²) in [7, 11) is 1.49. The maximum Gasteiger partial charge on any atom is 0.239 e. The van der Waals surface area contributed by atoms with E-state index in [4.69, 9.17) is 16.3 Å². The molecule has 2 aromatic carbocycles. The van der Waals surface area contributed by atoms with Gasteiger partial charge in [-0.3, -0.25) is 19.3 Å². The number of Topliss-reactive ketones (excluding diaryl/α,β-unsaturated/α-hetero) is 1. The highest BCUT2D eigenvalue weighted by atomic mass is 35.5. The van der Waals surface area contributed by atoms with Crippen molar-refractivity contribution in [2.75, 3.05) is 18.6 Å². The van der Waals surface area contributed by atoms with Gasteiger partial charge in [-0.2, -0.15) is 0 Å². The van der Waals surface area contributed by atoms with Crippen LogP contribution in [0.25, 0.3) is 0 Å². The van der Waals surface area contributed by atoms with Crippen molar-refractivity contribution in [3.8, 4) is 5.75 Å². The molecule has 0 bridgehead atoms. The molecule has 0 unspecified atom stereocenters. The Morgan fingerprint density at radius 1 is 1.07 bits per heavy atom. The maximum atomic E-state index is 13.6. The Morgan fingerprint density at radius 3 is 2.53 bits per heavy atom. The average molecular weight is 425 g/mol. The number of hydrogen-bond acceptors (Lipinski definition) is 5. The third-order valence-electron chi connectivity index (χ3n) is 6.56. The number of hydrogen-bond donors (Lipinski definition) is 0. The van der Waals surface area contributed by atoms with Crippen LogP contribution < -0.4 is 9.64 Å². The van der Waals surface area contributed by atoms with E-state index in [1.807, 2.05) is 18.2 Å². The summed E-state index contributed by atoms with van der Waals surface area (Å²) in [5.41, 5.74) is 0.901. The quantitative estimate of drug-likeness (QED) is 0.557. The van der Waals surface area contributed by atoms with Gasteiger partial charge >= 0.3 is 0 Å². The third kappa shape index (κ3) is 2.71. The lowest BCUT2D eigenvalue weighted by Gasteiger charge is -2.28. The van der Waals surface area contributed by atoms with Gasteiger partial charge in [-0.1, -0.05) is 41.9 Å². The fourth-order valence-electron chi connectivity index (χ4n) is 5.36. The molecule has 3 saturated heterocycles. The molecule has 3 fully saturated rings. The molecule has 0 radical (unpaired) electrons. The molecule has 2 amide bonds. The number of ether oxygens (including phenoxy) is 1. The van der Waals surface area contributed by atoms with Gasteiger partial charge in [-0.25, -0.2) is 4.90 Å². The van der Waals surface area contributed by atoms with Crippen molar-refractivity contribution < 1.29 is 19.1 Å². The molecule has 6 nitrogen and oxygen atoms in total. The first kappa shape index (κ1) is 19.3. The highest BCUT2D eigenvalue weighted by molar-refractivity contribution is 6.32. The summed E-state index contributed by atoms with van der Waals surface area (Å²) in [6, 6.07) is 13.1. The number of nitrogens with zero attached hydrogens (tertiary/aromatic N) is 2. The van der Waals surface area contributed by atoms with Crippen molar-refractivity contribution in [1.29, 1.82) is 0 Å². The van der Waals surface area contributed by atoms with Gasteiger partial charge in [0, 0.05) is 16.6 Å². The Hall–Kier alpha value is -2.70. The molecule has 7 heteroatoms. The number of halogens is 1. The smallest absolute Gasteiger partial charge is 0.239 e. The molecule has 2 aromatic rings. The standard InChI is InChI=1S/C23H21ClN2O4/c1-30-17-10-9-14(24)12-16(17)26-22(28)18-15-8-5-11-25(15)20(19(18)23(26)29)21(27)13-6-3-2-4-7-13/h2-4,6-7,9-10,12,15,18-20H,5,8,11H2,1H3/t15-,18-,19+,20+/m1/s1. The van der Waals surface area contributed by atoms with Crippen LogP contribution in [-0.2, 0) is 9.59 Å². The van der Waals surface area contributed by atoms with E-state index in [2.05, 4.69) is 4.90 Å². The molecule has 3 aliphatic heterocycles. The average Bonchev–Trinajstić information content (AvgIpc) is 3.40. The Bertz CT molecular complexity index is 1040. The van der Waals surface area contributed by atoms with Gasteiger partial charge in [0.2, 0.25) is 11.8 Å². The zero-order chi connectivity index (χ0) is 21.0. The van der Waals surface area contributed by atoms with E-state index in [1.54, 1.807) is 30.3 Å². The van der Waals surface area contributed by atoms with E-state index in [-0.39, 0.29) is 23.6 Å². The van der Waals surface area contributed by atoms with Crippen molar-refractivity contribution in [2.24, 2.45) is 11.8 Å². The first-order valence-electron chi connectivity index (χ1n) is 10.1. The number of amides is 2. The normalized spacial score (nSPS) is 28.0. The van der Waals surface area contributed by atoms with Crippen LogP contribution in [0.5, 0.6) is 5.75 Å². The highest BCUT2D eigenvalue weighted by Gasteiger charge is 2.65. The summed E-state index contributed by atoms with van der Waals surface area (Å²) in [4.78, 5) is 43.8. The van der Waals surface area contributed by atoms with E-state index in [1.165, 1.54) is 12.0 Å². The minimum Gasteiger partial charge on any atom is -0.495 e. The molecule has 3 heterocycles. The molecule has 3 aliphatic rings. The number of ketones is 1. The maximum absolute atomic E-state index is 13.6. The lowest BCUT2D eigenvalue weighted by molar-refractivity contribution is -0.123. The number of methoxy groups -OCH3 is 1. The Kier molecular flexibility index (Phi) is 4.64.